The average molecular weight is 377 g/mol. The van der Waals surface area contributed by atoms with E-state index in [-0.39, 0.29) is 11.5 Å². The molecule has 3 aliphatic heterocycles. The molecule has 1 unspecified atom stereocenters. The third-order valence-corrected chi connectivity index (χ3v) is 10.5. The summed E-state index contributed by atoms with van der Waals surface area (Å²) in [6.07, 6.45) is -3.86. The van der Waals surface area contributed by atoms with E-state index in [1.54, 1.807) is 13.8 Å². The third kappa shape index (κ3) is 3.21. The number of rotatable bonds is 4. The monoisotopic (exact) mass is 376 g/mol. The molecular formula is C17H32O7Si. The Kier molecular flexibility index (Phi) is 4.50. The predicted octanol–water partition coefficient (Wildman–Crippen LogP) is 1.11. The smallest absolute Gasteiger partial charge is 0.273 e. The lowest BCUT2D eigenvalue weighted by Gasteiger charge is -2.63. The van der Waals surface area contributed by atoms with Crippen LogP contribution in [0.4, 0.5) is 0 Å². The standard InChI is InChI=1S/C17H32O7Si/c1-15(2,3)25(6,7)24-11-10-9(18)12-17(20,8-16(4,5)19)13(11)23-14(21-10)22-12/h9-14,18-20H,8H2,1-7H3/t9-,10-,11-,12+,13-,14?,17-/m1/s1. The molecule has 0 aromatic rings. The highest BCUT2D eigenvalue weighted by Crippen LogP contribution is 2.50. The van der Waals surface area contributed by atoms with E-state index in [0.717, 1.165) is 0 Å². The van der Waals surface area contributed by atoms with E-state index in [0.29, 0.717) is 0 Å². The number of ether oxygens (including phenoxy) is 3. The van der Waals surface area contributed by atoms with Crippen molar-refractivity contribution in [1.29, 1.82) is 0 Å². The van der Waals surface area contributed by atoms with E-state index in [9.17, 15) is 15.3 Å². The minimum Gasteiger partial charge on any atom is -0.408 e. The van der Waals surface area contributed by atoms with Crippen molar-refractivity contribution in [3.05, 3.63) is 0 Å². The molecule has 0 spiro atoms. The zero-order valence-electron chi connectivity index (χ0n) is 16.1. The van der Waals surface area contributed by atoms with E-state index < -0.39 is 56.5 Å². The summed E-state index contributed by atoms with van der Waals surface area (Å²) in [5.74, 6) is 0. The molecule has 146 valence electrons. The molecule has 25 heavy (non-hydrogen) atoms. The van der Waals surface area contributed by atoms with Crippen molar-refractivity contribution in [3.63, 3.8) is 0 Å². The summed E-state index contributed by atoms with van der Waals surface area (Å²) in [6.45, 7) is 12.9. The lowest BCUT2D eigenvalue weighted by Crippen LogP contribution is -2.82. The Bertz CT molecular complexity index is 526. The maximum Gasteiger partial charge on any atom is 0.273 e. The maximum atomic E-state index is 11.4. The van der Waals surface area contributed by atoms with Crippen LogP contribution in [-0.2, 0) is 18.6 Å². The maximum absolute atomic E-state index is 11.4. The highest BCUT2D eigenvalue weighted by Gasteiger charge is 2.70. The molecule has 0 amide bonds. The molecule has 0 aromatic heterocycles. The molecule has 3 N–H and O–H groups in total. The fourth-order valence-corrected chi connectivity index (χ4v) is 5.13. The summed E-state index contributed by atoms with van der Waals surface area (Å²) in [5, 5.41) is 32.3. The number of hydrogen-bond donors (Lipinski definition) is 3. The van der Waals surface area contributed by atoms with Crippen LogP contribution in [0.15, 0.2) is 0 Å². The normalized spacial score (nSPS) is 44.4. The van der Waals surface area contributed by atoms with Crippen molar-refractivity contribution in [2.75, 3.05) is 0 Å². The van der Waals surface area contributed by atoms with Crippen molar-refractivity contribution in [2.24, 2.45) is 0 Å². The molecule has 0 radical (unpaired) electrons. The van der Waals surface area contributed by atoms with Gasteiger partial charge < -0.3 is 34.0 Å². The molecule has 0 aromatic carbocycles. The lowest BCUT2D eigenvalue weighted by atomic mass is 9.69. The predicted molar refractivity (Wildman–Crippen MR) is 92.3 cm³/mol. The Morgan fingerprint density at radius 2 is 1.60 bits per heavy atom. The summed E-state index contributed by atoms with van der Waals surface area (Å²) in [5.41, 5.74) is -2.71. The Morgan fingerprint density at radius 1 is 1.04 bits per heavy atom. The van der Waals surface area contributed by atoms with Crippen LogP contribution in [0.5, 0.6) is 0 Å². The van der Waals surface area contributed by atoms with Gasteiger partial charge in [-0.25, -0.2) is 0 Å². The highest BCUT2D eigenvalue weighted by atomic mass is 28.4. The minimum absolute atomic E-state index is 0.00317. The first kappa shape index (κ1) is 19.7. The zero-order valence-corrected chi connectivity index (χ0v) is 17.1. The van der Waals surface area contributed by atoms with Gasteiger partial charge in [0.15, 0.2) is 8.32 Å². The van der Waals surface area contributed by atoms with Gasteiger partial charge in [0.05, 0.1) is 5.60 Å². The Hall–Kier alpha value is -0.0631. The molecule has 4 rings (SSSR count). The van der Waals surface area contributed by atoms with Gasteiger partial charge in [0.25, 0.3) is 6.48 Å². The summed E-state index contributed by atoms with van der Waals surface area (Å²) in [6, 6.07) is 0. The van der Waals surface area contributed by atoms with Crippen LogP contribution in [0.25, 0.3) is 0 Å². The molecule has 3 heterocycles. The molecule has 4 fully saturated rings. The second kappa shape index (κ2) is 5.72. The topological polar surface area (TPSA) is 97.6 Å². The van der Waals surface area contributed by atoms with Crippen LogP contribution in [0.3, 0.4) is 0 Å². The molecule has 1 aliphatic carbocycles. The Balaban J connectivity index is 1.95. The van der Waals surface area contributed by atoms with Gasteiger partial charge in [0, 0.05) is 6.42 Å². The fraction of sp³-hybridized carbons (Fsp3) is 1.00. The number of aliphatic hydroxyl groups excluding tert-OH is 1. The first-order chi connectivity index (χ1) is 11.2. The minimum atomic E-state index is -2.20. The second-order valence-electron chi connectivity index (χ2n) is 9.82. The van der Waals surface area contributed by atoms with Crippen LogP contribution in [-0.4, -0.2) is 71.8 Å². The van der Waals surface area contributed by atoms with Gasteiger partial charge in [0.2, 0.25) is 0 Å². The van der Waals surface area contributed by atoms with E-state index in [2.05, 4.69) is 33.9 Å². The molecule has 8 heteroatoms. The quantitative estimate of drug-likeness (QED) is 0.632. The third-order valence-electron chi connectivity index (χ3n) is 5.99. The average Bonchev–Trinajstić information content (AvgIpc) is 2.39. The highest BCUT2D eigenvalue weighted by molar-refractivity contribution is 6.74. The van der Waals surface area contributed by atoms with Crippen molar-refractivity contribution in [1.82, 2.24) is 0 Å². The fourth-order valence-electron chi connectivity index (χ4n) is 3.84. The van der Waals surface area contributed by atoms with Crippen molar-refractivity contribution in [2.45, 2.75) is 107 Å². The molecule has 4 bridgehead atoms. The molecule has 1 saturated carbocycles. The number of aliphatic hydroxyl groups is 3. The Labute approximate surface area is 150 Å². The van der Waals surface area contributed by atoms with Crippen LogP contribution >= 0.6 is 0 Å². The Morgan fingerprint density at radius 3 is 2.12 bits per heavy atom. The first-order valence-corrected chi connectivity index (χ1v) is 11.8. The van der Waals surface area contributed by atoms with Crippen LogP contribution in [0.2, 0.25) is 18.1 Å². The summed E-state index contributed by atoms with van der Waals surface area (Å²) in [4.78, 5) is 0. The van der Waals surface area contributed by atoms with Gasteiger partial charge in [-0.1, -0.05) is 20.8 Å². The molecule has 3 saturated heterocycles. The zero-order chi connectivity index (χ0) is 19.0. The van der Waals surface area contributed by atoms with E-state index in [4.69, 9.17) is 18.6 Å². The van der Waals surface area contributed by atoms with Crippen molar-refractivity contribution < 1.29 is 34.0 Å². The second-order valence-corrected chi connectivity index (χ2v) is 14.6. The van der Waals surface area contributed by atoms with Crippen LogP contribution in [0.1, 0.15) is 41.0 Å². The van der Waals surface area contributed by atoms with Crippen LogP contribution in [0, 0.1) is 0 Å². The number of hydrogen-bond acceptors (Lipinski definition) is 7. The van der Waals surface area contributed by atoms with E-state index in [1.807, 2.05) is 0 Å². The van der Waals surface area contributed by atoms with Gasteiger partial charge in [0.1, 0.15) is 36.1 Å². The lowest BCUT2D eigenvalue weighted by molar-refractivity contribution is -0.500. The van der Waals surface area contributed by atoms with Gasteiger partial charge in [-0.15, -0.1) is 0 Å². The van der Waals surface area contributed by atoms with Crippen LogP contribution < -0.4 is 0 Å². The van der Waals surface area contributed by atoms with Gasteiger partial charge in [-0.2, -0.15) is 0 Å². The largest absolute Gasteiger partial charge is 0.408 e. The van der Waals surface area contributed by atoms with E-state index in [1.165, 1.54) is 0 Å². The van der Waals surface area contributed by atoms with Crippen molar-refractivity contribution in [3.8, 4) is 0 Å². The van der Waals surface area contributed by atoms with Gasteiger partial charge >= 0.3 is 0 Å². The molecule has 7 nitrogen and oxygen atoms in total. The summed E-state index contributed by atoms with van der Waals surface area (Å²) in [7, 11) is -2.20. The summed E-state index contributed by atoms with van der Waals surface area (Å²) < 4.78 is 23.5. The SMILES string of the molecule is CC(C)(O)C[C@]1(O)[C@@H]2OC3O[C@H]([C@@H](O)[C@@H]1O3)[C@H]2O[Si](C)(C)C(C)(C)C. The van der Waals surface area contributed by atoms with E-state index >= 15 is 0 Å². The molecule has 4 aliphatic rings. The van der Waals surface area contributed by atoms with Gasteiger partial charge in [-0.3, -0.25) is 0 Å². The molecule has 7 atom stereocenters. The summed E-state index contributed by atoms with van der Waals surface area (Å²) >= 11 is 0. The van der Waals surface area contributed by atoms with Crippen molar-refractivity contribution >= 4 is 8.32 Å². The molecular weight excluding hydrogens is 344 g/mol. The van der Waals surface area contributed by atoms with Gasteiger partial charge in [-0.05, 0) is 32.0 Å². The first-order valence-electron chi connectivity index (χ1n) is 8.93.